The van der Waals surface area contributed by atoms with Crippen LogP contribution in [0.25, 0.3) is 0 Å². The zero-order valence-electron chi connectivity index (χ0n) is 7.97. The van der Waals surface area contributed by atoms with Gasteiger partial charge in [-0.2, -0.15) is 0 Å². The van der Waals surface area contributed by atoms with Crippen LogP contribution in [0.15, 0.2) is 28.1 Å². The van der Waals surface area contributed by atoms with Gasteiger partial charge >= 0.3 is 0 Å². The number of isocyanates is 1. The first-order valence-corrected chi connectivity index (χ1v) is 5.90. The summed E-state index contributed by atoms with van der Waals surface area (Å²) in [5.74, 6) is -0.337. The molecule has 0 aliphatic carbocycles. The van der Waals surface area contributed by atoms with E-state index >= 15 is 0 Å². The second-order valence-electron chi connectivity index (χ2n) is 2.95. The van der Waals surface area contributed by atoms with Crippen LogP contribution in [0.4, 0.5) is 0 Å². The van der Waals surface area contributed by atoms with E-state index in [1.54, 1.807) is 0 Å². The van der Waals surface area contributed by atoms with E-state index in [2.05, 4.69) is 4.99 Å². The van der Waals surface area contributed by atoms with Gasteiger partial charge in [0.25, 0.3) is 0 Å². The maximum absolute atomic E-state index is 11.3. The molecule has 15 heavy (non-hydrogen) atoms. The fourth-order valence-electron chi connectivity index (χ4n) is 1.24. The van der Waals surface area contributed by atoms with Crippen LogP contribution < -0.4 is 0 Å². The average Bonchev–Trinajstić information content (AvgIpc) is 2.12. The molecule has 0 fully saturated rings. The number of hydrogen-bond donors (Lipinski definition) is 1. The van der Waals surface area contributed by atoms with E-state index in [1.165, 1.54) is 24.3 Å². The van der Waals surface area contributed by atoms with E-state index in [4.69, 9.17) is 0 Å². The second kappa shape index (κ2) is 4.25. The Balaban J connectivity index is 3.39. The fraction of sp³-hybridized carbons (Fsp3) is 0.222. The maximum atomic E-state index is 11.3. The number of rotatable bonds is 3. The van der Waals surface area contributed by atoms with Crippen molar-refractivity contribution in [2.45, 2.75) is 11.4 Å². The van der Waals surface area contributed by atoms with Crippen LogP contribution in [0.1, 0.15) is 5.56 Å². The lowest BCUT2D eigenvalue weighted by Gasteiger charge is -2.06. The summed E-state index contributed by atoms with van der Waals surface area (Å²) in [5, 5.41) is 9.41. The van der Waals surface area contributed by atoms with Gasteiger partial charge in [0, 0.05) is 6.26 Å². The van der Waals surface area contributed by atoms with Crippen LogP contribution >= 0.6 is 0 Å². The zero-order chi connectivity index (χ0) is 11.5. The van der Waals surface area contributed by atoms with Gasteiger partial charge in [-0.3, -0.25) is 0 Å². The molecule has 0 radical (unpaired) electrons. The molecule has 0 aliphatic rings. The van der Waals surface area contributed by atoms with E-state index in [9.17, 15) is 18.3 Å². The van der Waals surface area contributed by atoms with Crippen LogP contribution in [0, 0.1) is 0 Å². The molecule has 0 atom stereocenters. The van der Waals surface area contributed by atoms with Gasteiger partial charge in [0.2, 0.25) is 6.08 Å². The molecule has 0 saturated carbocycles. The lowest BCUT2D eigenvalue weighted by Crippen LogP contribution is -2.02. The number of sulfone groups is 1. The van der Waals surface area contributed by atoms with Crippen molar-refractivity contribution in [3.05, 3.63) is 23.8 Å². The van der Waals surface area contributed by atoms with E-state index in [1.807, 2.05) is 0 Å². The molecule has 0 saturated heterocycles. The quantitative estimate of drug-likeness (QED) is 0.606. The van der Waals surface area contributed by atoms with Crippen molar-refractivity contribution < 1.29 is 18.3 Å². The molecule has 5 nitrogen and oxygen atoms in total. The Morgan fingerprint density at radius 1 is 1.47 bits per heavy atom. The second-order valence-corrected chi connectivity index (χ2v) is 4.90. The third-order valence-corrected chi connectivity index (χ3v) is 2.97. The number of carbonyl (C=O) groups excluding carboxylic acids is 1. The molecule has 0 unspecified atom stereocenters. The predicted molar refractivity (Wildman–Crippen MR) is 53.0 cm³/mol. The summed E-state index contributed by atoms with van der Waals surface area (Å²) >= 11 is 0. The van der Waals surface area contributed by atoms with Crippen LogP contribution in [0.3, 0.4) is 0 Å². The summed E-state index contributed by atoms with van der Waals surface area (Å²) < 4.78 is 22.7. The predicted octanol–water partition coefficient (Wildman–Crippen LogP) is 0.632. The van der Waals surface area contributed by atoms with E-state index in [0.29, 0.717) is 0 Å². The smallest absolute Gasteiger partial charge is 0.235 e. The van der Waals surface area contributed by atoms with Crippen molar-refractivity contribution in [3.63, 3.8) is 0 Å². The van der Waals surface area contributed by atoms with Crippen molar-refractivity contribution in [3.8, 4) is 5.75 Å². The van der Waals surface area contributed by atoms with Gasteiger partial charge in [-0.15, -0.1) is 0 Å². The Bertz CT molecular complexity index is 515. The molecule has 0 aliphatic heterocycles. The van der Waals surface area contributed by atoms with Gasteiger partial charge in [0.05, 0.1) is 6.54 Å². The van der Waals surface area contributed by atoms with Gasteiger partial charge in [-0.1, -0.05) is 12.1 Å². The van der Waals surface area contributed by atoms with Crippen molar-refractivity contribution in [2.24, 2.45) is 4.99 Å². The number of phenolic OH excluding ortho intramolecular Hbond substituents is 1. The highest BCUT2D eigenvalue weighted by atomic mass is 32.2. The van der Waals surface area contributed by atoms with Gasteiger partial charge in [0.15, 0.2) is 9.84 Å². The Labute approximate surface area is 87.0 Å². The number of aliphatic imine (C=N–C) groups is 1. The highest BCUT2D eigenvalue weighted by Crippen LogP contribution is 2.26. The first-order valence-electron chi connectivity index (χ1n) is 4.01. The summed E-state index contributed by atoms with van der Waals surface area (Å²) in [6.07, 6.45) is 2.30. The number of phenols is 1. The molecule has 1 aromatic rings. The van der Waals surface area contributed by atoms with E-state index < -0.39 is 9.84 Å². The number of benzene rings is 1. The Morgan fingerprint density at radius 3 is 2.67 bits per heavy atom. The van der Waals surface area contributed by atoms with Crippen LogP contribution in [0.2, 0.25) is 0 Å². The van der Waals surface area contributed by atoms with Gasteiger partial charge in [0.1, 0.15) is 10.6 Å². The minimum absolute atomic E-state index is 0.111. The summed E-state index contributed by atoms with van der Waals surface area (Å²) in [7, 11) is -3.53. The molecule has 1 N–H and O–H groups in total. The molecule has 6 heteroatoms. The summed E-state index contributed by atoms with van der Waals surface area (Å²) in [5.41, 5.74) is 0.279. The molecular weight excluding hydrogens is 218 g/mol. The molecule has 0 aromatic heterocycles. The average molecular weight is 227 g/mol. The van der Waals surface area contributed by atoms with Crippen molar-refractivity contribution in [1.29, 1.82) is 0 Å². The van der Waals surface area contributed by atoms with Crippen molar-refractivity contribution in [1.82, 2.24) is 0 Å². The summed E-state index contributed by atoms with van der Waals surface area (Å²) in [4.78, 5) is 13.0. The molecule has 1 aromatic carbocycles. The lowest BCUT2D eigenvalue weighted by molar-refractivity contribution is 0.457. The largest absolute Gasteiger partial charge is 0.507 e. The minimum Gasteiger partial charge on any atom is -0.507 e. The Morgan fingerprint density at radius 2 is 2.13 bits per heavy atom. The number of aromatic hydroxyl groups is 1. The van der Waals surface area contributed by atoms with Gasteiger partial charge < -0.3 is 5.11 Å². The minimum atomic E-state index is -3.53. The highest BCUT2D eigenvalue weighted by Gasteiger charge is 2.17. The van der Waals surface area contributed by atoms with E-state index in [-0.39, 0.29) is 22.8 Å². The monoisotopic (exact) mass is 227 g/mol. The van der Waals surface area contributed by atoms with E-state index in [0.717, 1.165) is 6.26 Å². The topological polar surface area (TPSA) is 83.8 Å². The molecule has 0 amide bonds. The normalized spacial score (nSPS) is 10.7. The molecular formula is C9H9NO4S. The first-order chi connectivity index (χ1) is 6.96. The van der Waals surface area contributed by atoms with Gasteiger partial charge in [-0.05, 0) is 11.6 Å². The van der Waals surface area contributed by atoms with Crippen LogP contribution in [-0.2, 0) is 21.2 Å². The fourth-order valence-corrected chi connectivity index (χ4v) is 2.30. The SMILES string of the molecule is CS(=O)(=O)c1c(O)cccc1CN=C=O. The third-order valence-electron chi connectivity index (χ3n) is 1.76. The molecule has 1 rings (SSSR count). The summed E-state index contributed by atoms with van der Waals surface area (Å²) in [6, 6.07) is 4.24. The lowest BCUT2D eigenvalue weighted by atomic mass is 10.2. The standard InChI is InChI=1S/C9H9NO4S/c1-15(13,14)9-7(5-10-6-11)3-2-4-8(9)12/h2-4,12H,5H2,1H3. The number of hydrogen-bond acceptors (Lipinski definition) is 5. The Hall–Kier alpha value is -1.65. The van der Waals surface area contributed by atoms with Crippen LogP contribution in [-0.4, -0.2) is 25.9 Å². The maximum Gasteiger partial charge on any atom is 0.235 e. The van der Waals surface area contributed by atoms with Crippen LogP contribution in [0.5, 0.6) is 5.75 Å². The van der Waals surface area contributed by atoms with Crippen molar-refractivity contribution in [2.75, 3.05) is 6.26 Å². The Kier molecular flexibility index (Phi) is 3.24. The third kappa shape index (κ3) is 2.65. The molecule has 0 bridgehead atoms. The van der Waals surface area contributed by atoms with Crippen molar-refractivity contribution >= 4 is 15.9 Å². The zero-order valence-corrected chi connectivity index (χ0v) is 8.78. The molecule has 0 heterocycles. The molecule has 80 valence electrons. The molecule has 0 spiro atoms. The first kappa shape index (κ1) is 11.4. The van der Waals surface area contributed by atoms with Gasteiger partial charge in [-0.25, -0.2) is 18.2 Å². The highest BCUT2D eigenvalue weighted by molar-refractivity contribution is 7.90. The number of nitrogens with zero attached hydrogens (tertiary/aromatic N) is 1. The summed E-state index contributed by atoms with van der Waals surface area (Å²) in [6.45, 7) is -0.111.